The molecule has 1 N–H and O–H groups in total. The van der Waals surface area contributed by atoms with Crippen LogP contribution in [0.15, 0.2) is 47.4 Å². The Bertz CT molecular complexity index is 1010. The van der Waals surface area contributed by atoms with Crippen molar-refractivity contribution < 1.29 is 28.2 Å². The van der Waals surface area contributed by atoms with E-state index in [1.54, 1.807) is 18.2 Å². The van der Waals surface area contributed by atoms with Gasteiger partial charge in [0.25, 0.3) is 17.1 Å². The van der Waals surface area contributed by atoms with Crippen molar-refractivity contribution in [3.63, 3.8) is 0 Å². The lowest BCUT2D eigenvalue weighted by Crippen LogP contribution is -2.37. The SMILES string of the molecule is COc1ccc(C(=O)NCCN2C(=O)S/C(=C\c3ccc(F)cc3)C2=O)cc1OC. The smallest absolute Gasteiger partial charge is 0.293 e. The summed E-state index contributed by atoms with van der Waals surface area (Å²) in [4.78, 5) is 38.3. The average molecular weight is 430 g/mol. The Hall–Kier alpha value is -3.33. The van der Waals surface area contributed by atoms with E-state index in [0.717, 1.165) is 16.7 Å². The minimum Gasteiger partial charge on any atom is -0.493 e. The summed E-state index contributed by atoms with van der Waals surface area (Å²) in [6.07, 6.45) is 1.53. The number of hydrogen-bond donors (Lipinski definition) is 1. The number of halogens is 1. The van der Waals surface area contributed by atoms with Crippen LogP contribution >= 0.6 is 11.8 Å². The van der Waals surface area contributed by atoms with E-state index in [-0.39, 0.29) is 29.7 Å². The lowest BCUT2D eigenvalue weighted by molar-refractivity contribution is -0.122. The molecule has 3 rings (SSSR count). The van der Waals surface area contributed by atoms with Crippen LogP contribution in [0.3, 0.4) is 0 Å². The summed E-state index contributed by atoms with van der Waals surface area (Å²) >= 11 is 0.807. The second-order valence-corrected chi connectivity index (χ2v) is 7.20. The van der Waals surface area contributed by atoms with E-state index < -0.39 is 11.1 Å². The molecule has 1 heterocycles. The molecule has 1 saturated heterocycles. The highest BCUT2D eigenvalue weighted by Crippen LogP contribution is 2.32. The molecule has 30 heavy (non-hydrogen) atoms. The third kappa shape index (κ3) is 4.80. The van der Waals surface area contributed by atoms with Gasteiger partial charge in [0.2, 0.25) is 0 Å². The molecule has 0 unspecified atom stereocenters. The van der Waals surface area contributed by atoms with Gasteiger partial charge in [-0.3, -0.25) is 19.3 Å². The number of hydrogen-bond acceptors (Lipinski definition) is 6. The Morgan fingerprint density at radius 3 is 2.47 bits per heavy atom. The van der Waals surface area contributed by atoms with Gasteiger partial charge in [0.1, 0.15) is 5.82 Å². The number of rotatable bonds is 7. The summed E-state index contributed by atoms with van der Waals surface area (Å²) < 4.78 is 23.3. The van der Waals surface area contributed by atoms with E-state index in [1.165, 1.54) is 44.6 Å². The van der Waals surface area contributed by atoms with E-state index in [0.29, 0.717) is 22.6 Å². The Balaban J connectivity index is 1.59. The maximum atomic E-state index is 13.0. The molecule has 0 bridgehead atoms. The van der Waals surface area contributed by atoms with Crippen LogP contribution in [0.5, 0.6) is 11.5 Å². The van der Waals surface area contributed by atoms with E-state index >= 15 is 0 Å². The van der Waals surface area contributed by atoms with Crippen molar-refractivity contribution in [3.05, 3.63) is 64.3 Å². The topological polar surface area (TPSA) is 84.9 Å². The van der Waals surface area contributed by atoms with E-state index in [4.69, 9.17) is 9.47 Å². The van der Waals surface area contributed by atoms with Crippen LogP contribution in [0, 0.1) is 5.82 Å². The molecule has 9 heteroatoms. The maximum absolute atomic E-state index is 13.0. The van der Waals surface area contributed by atoms with Crippen molar-refractivity contribution in [3.8, 4) is 11.5 Å². The number of amides is 3. The summed E-state index contributed by atoms with van der Waals surface area (Å²) in [5.74, 6) is -0.285. The fraction of sp³-hybridized carbons (Fsp3) is 0.190. The molecular formula is C21H19FN2O5S. The predicted octanol–water partition coefficient (Wildman–Crippen LogP) is 3.31. The van der Waals surface area contributed by atoms with Crippen LogP contribution in [-0.2, 0) is 4.79 Å². The van der Waals surface area contributed by atoms with Gasteiger partial charge in [0.05, 0.1) is 19.1 Å². The number of carbonyl (C=O) groups is 3. The molecule has 156 valence electrons. The highest BCUT2D eigenvalue weighted by atomic mass is 32.2. The fourth-order valence-corrected chi connectivity index (χ4v) is 3.63. The first-order valence-electron chi connectivity index (χ1n) is 8.94. The zero-order valence-electron chi connectivity index (χ0n) is 16.3. The summed E-state index contributed by atoms with van der Waals surface area (Å²) in [5, 5.41) is 2.25. The van der Waals surface area contributed by atoms with Gasteiger partial charge >= 0.3 is 0 Å². The number of ether oxygens (including phenoxy) is 2. The zero-order valence-corrected chi connectivity index (χ0v) is 17.1. The van der Waals surface area contributed by atoms with Crippen LogP contribution in [0.4, 0.5) is 9.18 Å². The molecule has 2 aromatic rings. The molecule has 0 spiro atoms. The van der Waals surface area contributed by atoms with Gasteiger partial charge < -0.3 is 14.8 Å². The minimum atomic E-state index is -0.449. The number of thioether (sulfide) groups is 1. The first-order chi connectivity index (χ1) is 14.4. The van der Waals surface area contributed by atoms with Gasteiger partial charge in [-0.2, -0.15) is 0 Å². The molecule has 3 amide bonds. The molecule has 0 radical (unpaired) electrons. The molecule has 0 aromatic heterocycles. The first kappa shape index (κ1) is 21.4. The maximum Gasteiger partial charge on any atom is 0.293 e. The van der Waals surface area contributed by atoms with Crippen molar-refractivity contribution in [1.82, 2.24) is 10.2 Å². The second-order valence-electron chi connectivity index (χ2n) is 6.21. The van der Waals surface area contributed by atoms with Gasteiger partial charge in [-0.1, -0.05) is 12.1 Å². The number of methoxy groups -OCH3 is 2. The van der Waals surface area contributed by atoms with Crippen molar-refractivity contribution in [1.29, 1.82) is 0 Å². The minimum absolute atomic E-state index is 0.0322. The molecule has 1 fully saturated rings. The zero-order chi connectivity index (χ0) is 21.7. The first-order valence-corrected chi connectivity index (χ1v) is 9.75. The van der Waals surface area contributed by atoms with Crippen molar-refractivity contribution in [2.24, 2.45) is 0 Å². The lowest BCUT2D eigenvalue weighted by Gasteiger charge is -2.13. The second kappa shape index (κ2) is 9.45. The third-order valence-corrected chi connectivity index (χ3v) is 5.22. The summed E-state index contributed by atoms with van der Waals surface area (Å²) in [6.45, 7) is 0.125. The molecule has 0 atom stereocenters. The lowest BCUT2D eigenvalue weighted by atomic mass is 10.2. The van der Waals surface area contributed by atoms with E-state index in [1.807, 2.05) is 0 Å². The predicted molar refractivity (Wildman–Crippen MR) is 111 cm³/mol. The monoisotopic (exact) mass is 430 g/mol. The number of imide groups is 1. The number of nitrogens with zero attached hydrogens (tertiary/aromatic N) is 1. The van der Waals surface area contributed by atoms with Crippen LogP contribution in [-0.4, -0.2) is 49.3 Å². The summed E-state index contributed by atoms with van der Waals surface area (Å²) in [7, 11) is 2.97. The van der Waals surface area contributed by atoms with Gasteiger partial charge in [-0.05, 0) is 53.7 Å². The number of benzene rings is 2. The van der Waals surface area contributed by atoms with Crippen LogP contribution in [0.25, 0.3) is 6.08 Å². The number of nitrogens with one attached hydrogen (secondary N) is 1. The highest BCUT2D eigenvalue weighted by Gasteiger charge is 2.34. The molecule has 1 aliphatic heterocycles. The highest BCUT2D eigenvalue weighted by molar-refractivity contribution is 8.18. The quantitative estimate of drug-likeness (QED) is 0.679. The third-order valence-electron chi connectivity index (χ3n) is 4.31. The van der Waals surface area contributed by atoms with Crippen LogP contribution in [0.1, 0.15) is 15.9 Å². The Morgan fingerprint density at radius 1 is 1.10 bits per heavy atom. The summed E-state index contributed by atoms with van der Waals surface area (Å²) in [6, 6.07) is 10.3. The molecule has 0 aliphatic carbocycles. The van der Waals surface area contributed by atoms with Crippen molar-refractivity contribution in [2.75, 3.05) is 27.3 Å². The molecule has 2 aromatic carbocycles. The Kier molecular flexibility index (Phi) is 6.73. The fourth-order valence-electron chi connectivity index (χ4n) is 2.76. The Labute approximate surface area is 176 Å². The molecule has 1 aliphatic rings. The van der Waals surface area contributed by atoms with Gasteiger partial charge in [0, 0.05) is 18.7 Å². The molecule has 7 nitrogen and oxygen atoms in total. The Morgan fingerprint density at radius 2 is 1.80 bits per heavy atom. The summed E-state index contributed by atoms with van der Waals surface area (Å²) in [5.41, 5.74) is 0.974. The van der Waals surface area contributed by atoms with Gasteiger partial charge in [-0.25, -0.2) is 4.39 Å². The van der Waals surface area contributed by atoms with Gasteiger partial charge in [0.15, 0.2) is 11.5 Å². The normalized spacial score (nSPS) is 14.9. The largest absolute Gasteiger partial charge is 0.493 e. The number of carbonyl (C=O) groups excluding carboxylic acids is 3. The van der Waals surface area contributed by atoms with Gasteiger partial charge in [-0.15, -0.1) is 0 Å². The molecular weight excluding hydrogens is 411 g/mol. The van der Waals surface area contributed by atoms with Crippen molar-refractivity contribution >= 4 is 34.9 Å². The van der Waals surface area contributed by atoms with Crippen LogP contribution in [0.2, 0.25) is 0 Å². The standard InChI is InChI=1S/C21H19FN2O5S/c1-28-16-8-5-14(12-17(16)29-2)19(25)23-9-10-24-20(26)18(30-21(24)27)11-13-3-6-15(22)7-4-13/h3-8,11-12H,9-10H2,1-2H3,(H,23,25)/b18-11-. The molecule has 0 saturated carbocycles. The van der Waals surface area contributed by atoms with Crippen LogP contribution < -0.4 is 14.8 Å². The van der Waals surface area contributed by atoms with E-state index in [2.05, 4.69) is 5.32 Å². The van der Waals surface area contributed by atoms with Crippen molar-refractivity contribution in [2.45, 2.75) is 0 Å². The van der Waals surface area contributed by atoms with E-state index in [9.17, 15) is 18.8 Å². The average Bonchev–Trinajstić information content (AvgIpc) is 3.02.